The Kier molecular flexibility index (Phi) is 4.85. The van der Waals surface area contributed by atoms with E-state index in [0.717, 1.165) is 5.57 Å². The summed E-state index contributed by atoms with van der Waals surface area (Å²) in [4.78, 5) is 0. The van der Waals surface area contributed by atoms with Gasteiger partial charge in [0, 0.05) is 17.2 Å². The Hall–Kier alpha value is 0.180. The summed E-state index contributed by atoms with van der Waals surface area (Å²) in [5.74, 6) is -0.195. The van der Waals surface area contributed by atoms with Crippen molar-refractivity contribution in [3.63, 3.8) is 0 Å². The fourth-order valence-electron chi connectivity index (χ4n) is 1.55. The number of aliphatic hydroxyl groups is 4. The standard InChI is InChI=1S/C9H16O4P2/c10-8(11)6(14)4-2-1-3-5(4)7(15)9(12)13/h1-4,6-13H,14-15H2. The summed E-state index contributed by atoms with van der Waals surface area (Å²) < 4.78 is 0. The quantitative estimate of drug-likeness (QED) is 0.389. The van der Waals surface area contributed by atoms with Crippen LogP contribution in [-0.4, -0.2) is 44.3 Å². The van der Waals surface area contributed by atoms with E-state index in [1.807, 2.05) is 6.08 Å². The van der Waals surface area contributed by atoms with Gasteiger partial charge in [0.1, 0.15) is 0 Å². The van der Waals surface area contributed by atoms with E-state index in [4.69, 9.17) is 20.4 Å². The van der Waals surface area contributed by atoms with Gasteiger partial charge >= 0.3 is 0 Å². The minimum absolute atomic E-state index is 0.195. The molecule has 5 unspecified atom stereocenters. The highest BCUT2D eigenvalue weighted by molar-refractivity contribution is 7.18. The first kappa shape index (κ1) is 13.2. The van der Waals surface area contributed by atoms with Crippen molar-refractivity contribution in [2.24, 2.45) is 5.92 Å². The maximum absolute atomic E-state index is 9.06. The molecule has 0 bridgehead atoms. The van der Waals surface area contributed by atoms with Gasteiger partial charge in [-0.25, -0.2) is 0 Å². The molecule has 0 saturated heterocycles. The molecule has 1 aliphatic carbocycles. The topological polar surface area (TPSA) is 80.9 Å². The first-order valence-electron chi connectivity index (χ1n) is 4.57. The summed E-state index contributed by atoms with van der Waals surface area (Å²) in [7, 11) is 4.69. The highest BCUT2D eigenvalue weighted by Gasteiger charge is 2.31. The Morgan fingerprint density at radius 1 is 1.07 bits per heavy atom. The Morgan fingerprint density at radius 2 is 1.67 bits per heavy atom. The average Bonchev–Trinajstić information content (AvgIpc) is 2.63. The first-order valence-corrected chi connectivity index (χ1v) is 5.90. The second kappa shape index (κ2) is 5.49. The molecule has 15 heavy (non-hydrogen) atoms. The van der Waals surface area contributed by atoms with Crippen LogP contribution >= 0.6 is 18.5 Å². The summed E-state index contributed by atoms with van der Waals surface area (Å²) in [5.41, 5.74) is -0.174. The van der Waals surface area contributed by atoms with Gasteiger partial charge in [-0.05, 0) is 0 Å². The van der Waals surface area contributed by atoms with Crippen LogP contribution in [0.2, 0.25) is 0 Å². The van der Waals surface area contributed by atoms with Gasteiger partial charge in [-0.15, -0.1) is 18.5 Å². The van der Waals surface area contributed by atoms with Gasteiger partial charge in [0.2, 0.25) is 0 Å². The van der Waals surface area contributed by atoms with E-state index in [9.17, 15) is 0 Å². The van der Waals surface area contributed by atoms with Gasteiger partial charge in [-0.3, -0.25) is 0 Å². The van der Waals surface area contributed by atoms with Crippen LogP contribution in [0.3, 0.4) is 0 Å². The number of rotatable bonds is 4. The Labute approximate surface area is 93.1 Å². The van der Waals surface area contributed by atoms with E-state index in [2.05, 4.69) is 18.5 Å². The van der Waals surface area contributed by atoms with Crippen LogP contribution in [-0.2, 0) is 0 Å². The monoisotopic (exact) mass is 250 g/mol. The first-order chi connectivity index (χ1) is 6.95. The Balaban J connectivity index is 2.75. The molecule has 0 saturated carbocycles. The third-order valence-corrected chi connectivity index (χ3v) is 3.95. The molecular formula is C9H16O4P2. The lowest BCUT2D eigenvalue weighted by Crippen LogP contribution is -2.32. The van der Waals surface area contributed by atoms with Gasteiger partial charge < -0.3 is 20.4 Å². The second-order valence-electron chi connectivity index (χ2n) is 3.51. The molecule has 4 N–H and O–H groups in total. The Morgan fingerprint density at radius 3 is 2.13 bits per heavy atom. The maximum atomic E-state index is 9.06. The number of allylic oxidation sites excluding steroid dienone is 3. The van der Waals surface area contributed by atoms with E-state index in [1.165, 1.54) is 0 Å². The third kappa shape index (κ3) is 3.07. The van der Waals surface area contributed by atoms with E-state index in [1.54, 1.807) is 12.2 Å². The molecule has 5 atom stereocenters. The molecule has 4 nitrogen and oxygen atoms in total. The molecule has 1 rings (SSSR count). The fraction of sp³-hybridized carbons (Fsp3) is 0.556. The molecule has 0 aromatic rings. The van der Waals surface area contributed by atoms with Crippen LogP contribution in [0.1, 0.15) is 0 Å². The van der Waals surface area contributed by atoms with Gasteiger partial charge in [-0.2, -0.15) is 0 Å². The fourth-order valence-corrected chi connectivity index (χ4v) is 2.23. The zero-order valence-corrected chi connectivity index (χ0v) is 10.4. The molecular weight excluding hydrogens is 234 g/mol. The molecule has 0 amide bonds. The van der Waals surface area contributed by atoms with Gasteiger partial charge in [0.05, 0.1) is 0 Å². The highest BCUT2D eigenvalue weighted by atomic mass is 31.0. The second-order valence-corrected chi connectivity index (χ2v) is 5.00. The SMILES string of the molecule is OC(O)C(P)C1=CC=CC1C(P)C(O)O. The summed E-state index contributed by atoms with van der Waals surface area (Å²) >= 11 is 0. The number of aliphatic hydroxyl groups excluding tert-OH is 2. The predicted molar refractivity (Wildman–Crippen MR) is 64.2 cm³/mol. The van der Waals surface area contributed by atoms with Gasteiger partial charge in [0.15, 0.2) is 12.6 Å². The molecule has 0 aromatic carbocycles. The van der Waals surface area contributed by atoms with Crippen LogP contribution in [0.15, 0.2) is 23.8 Å². The number of hydrogen-bond acceptors (Lipinski definition) is 4. The average molecular weight is 250 g/mol. The number of hydrogen-bond donors (Lipinski definition) is 4. The van der Waals surface area contributed by atoms with Crippen molar-refractivity contribution in [1.29, 1.82) is 0 Å². The molecule has 86 valence electrons. The molecule has 6 heteroatoms. The van der Waals surface area contributed by atoms with Crippen LogP contribution < -0.4 is 0 Å². The summed E-state index contributed by atoms with van der Waals surface area (Å²) in [6.45, 7) is 0. The molecule has 0 fully saturated rings. The minimum atomic E-state index is -1.46. The molecule has 0 radical (unpaired) electrons. The minimum Gasteiger partial charge on any atom is -0.368 e. The van der Waals surface area contributed by atoms with Crippen LogP contribution in [0.4, 0.5) is 0 Å². The van der Waals surface area contributed by atoms with E-state index in [-0.39, 0.29) is 5.92 Å². The van der Waals surface area contributed by atoms with Crippen molar-refractivity contribution >= 4 is 18.5 Å². The molecule has 0 spiro atoms. The van der Waals surface area contributed by atoms with E-state index < -0.39 is 23.9 Å². The van der Waals surface area contributed by atoms with Crippen molar-refractivity contribution < 1.29 is 20.4 Å². The molecule has 1 aliphatic rings. The lowest BCUT2D eigenvalue weighted by molar-refractivity contribution is -0.0497. The summed E-state index contributed by atoms with van der Waals surface area (Å²) in [6.07, 6.45) is 2.45. The largest absolute Gasteiger partial charge is 0.368 e. The molecule has 0 aliphatic heterocycles. The third-order valence-electron chi connectivity index (χ3n) is 2.46. The van der Waals surface area contributed by atoms with Crippen molar-refractivity contribution in [1.82, 2.24) is 0 Å². The normalized spacial score (nSPS) is 24.8. The lowest BCUT2D eigenvalue weighted by Gasteiger charge is -2.27. The van der Waals surface area contributed by atoms with Crippen LogP contribution in [0.25, 0.3) is 0 Å². The zero-order valence-electron chi connectivity index (χ0n) is 8.06. The van der Waals surface area contributed by atoms with Gasteiger partial charge in [-0.1, -0.05) is 23.8 Å². The van der Waals surface area contributed by atoms with Crippen molar-refractivity contribution in [3.8, 4) is 0 Å². The van der Waals surface area contributed by atoms with Crippen molar-refractivity contribution in [3.05, 3.63) is 23.8 Å². The van der Waals surface area contributed by atoms with Gasteiger partial charge in [0.25, 0.3) is 0 Å². The predicted octanol–water partition coefficient (Wildman–Crippen LogP) is -0.792. The smallest absolute Gasteiger partial charge is 0.161 e. The van der Waals surface area contributed by atoms with Crippen molar-refractivity contribution in [2.75, 3.05) is 0 Å². The highest BCUT2D eigenvalue weighted by Crippen LogP contribution is 2.34. The Bertz CT molecular complexity index is 275. The molecule has 0 aromatic heterocycles. The van der Waals surface area contributed by atoms with Crippen LogP contribution in [0, 0.1) is 5.92 Å². The molecule has 0 heterocycles. The van der Waals surface area contributed by atoms with E-state index in [0.29, 0.717) is 0 Å². The van der Waals surface area contributed by atoms with E-state index >= 15 is 0 Å². The van der Waals surface area contributed by atoms with Crippen molar-refractivity contribution in [2.45, 2.75) is 23.9 Å². The maximum Gasteiger partial charge on any atom is 0.161 e. The van der Waals surface area contributed by atoms with Crippen LogP contribution in [0.5, 0.6) is 0 Å². The summed E-state index contributed by atoms with van der Waals surface area (Å²) in [6, 6.07) is 0. The zero-order chi connectivity index (χ0) is 11.6. The summed E-state index contributed by atoms with van der Waals surface area (Å²) in [5, 5.41) is 36.2. The lowest BCUT2D eigenvalue weighted by atomic mass is 9.95.